The van der Waals surface area contributed by atoms with E-state index in [0.717, 1.165) is 44.1 Å². The molecule has 2 N–H and O–H groups in total. The Kier molecular flexibility index (Phi) is 14.3. The highest BCUT2D eigenvalue weighted by molar-refractivity contribution is 5.72. The van der Waals surface area contributed by atoms with Gasteiger partial charge >= 0.3 is 0 Å². The molecule has 0 aliphatic heterocycles. The normalized spacial score (nSPS) is 9.43. The molecule has 0 fully saturated rings. The zero-order valence-electron chi connectivity index (χ0n) is 18.1. The zero-order valence-corrected chi connectivity index (χ0v) is 18.1. The summed E-state index contributed by atoms with van der Waals surface area (Å²) in [7, 11) is 0. The molecule has 0 spiro atoms. The van der Waals surface area contributed by atoms with Gasteiger partial charge in [0.1, 0.15) is 11.6 Å². The number of benzene rings is 2. The van der Waals surface area contributed by atoms with Crippen molar-refractivity contribution in [3.05, 3.63) is 77.4 Å². The molecule has 0 heterocycles. The number of unbranched alkanes of at least 4 members (excludes halogenated alkanes) is 1. The molecule has 0 aliphatic carbocycles. The largest absolute Gasteiger partial charge is 0.356 e. The predicted octanol–water partition coefficient (Wildman–Crippen LogP) is 5.25. The first-order valence-electron chi connectivity index (χ1n) is 9.74. The molecular formula is C25H32F2N2O. The molecule has 30 heavy (non-hydrogen) atoms. The van der Waals surface area contributed by atoms with Gasteiger partial charge in [-0.1, -0.05) is 36.4 Å². The number of terminal acetylenes is 1. The molecule has 2 aromatic carbocycles. The maximum Gasteiger partial charge on any atom is 0.216 e. The minimum atomic E-state index is -0.521. The first-order chi connectivity index (χ1) is 14.3. The van der Waals surface area contributed by atoms with Crippen LogP contribution in [0.3, 0.4) is 0 Å². The third-order valence-corrected chi connectivity index (χ3v) is 3.91. The highest BCUT2D eigenvalue weighted by atomic mass is 19.1. The number of nitrogens with one attached hydrogen (secondary N) is 2. The third kappa shape index (κ3) is 13.2. The molecule has 0 aromatic heterocycles. The summed E-state index contributed by atoms with van der Waals surface area (Å²) in [6, 6.07) is 11.9. The number of halogens is 2. The van der Waals surface area contributed by atoms with Crippen molar-refractivity contribution in [1.29, 1.82) is 0 Å². The summed E-state index contributed by atoms with van der Waals surface area (Å²) in [6.07, 6.45) is 10.1. The zero-order chi connectivity index (χ0) is 22.9. The van der Waals surface area contributed by atoms with E-state index in [2.05, 4.69) is 54.3 Å². The summed E-state index contributed by atoms with van der Waals surface area (Å²) < 4.78 is 24.4. The lowest BCUT2D eigenvalue weighted by molar-refractivity contribution is -0.118. The SMILES string of the molecule is C#C.C=C(C)c1cccc(CNCCCCNC(C)=O)c1.Cc1cc(F)cc(F)c1. The van der Waals surface area contributed by atoms with Gasteiger partial charge in [0, 0.05) is 26.1 Å². The second-order valence-electron chi connectivity index (χ2n) is 6.79. The first-order valence-corrected chi connectivity index (χ1v) is 9.74. The van der Waals surface area contributed by atoms with Gasteiger partial charge in [-0.15, -0.1) is 12.8 Å². The lowest BCUT2D eigenvalue weighted by Gasteiger charge is -2.07. The molecule has 0 radical (unpaired) electrons. The van der Waals surface area contributed by atoms with Gasteiger partial charge in [-0.3, -0.25) is 4.79 Å². The van der Waals surface area contributed by atoms with E-state index in [9.17, 15) is 13.6 Å². The Balaban J connectivity index is 0.000000636. The fourth-order valence-electron chi connectivity index (χ4n) is 2.51. The molecule has 0 bridgehead atoms. The molecule has 5 heteroatoms. The Bertz CT molecular complexity index is 765. The van der Waals surface area contributed by atoms with Gasteiger partial charge in [-0.05, 0) is 62.1 Å². The van der Waals surface area contributed by atoms with E-state index >= 15 is 0 Å². The van der Waals surface area contributed by atoms with Gasteiger partial charge in [-0.25, -0.2) is 8.78 Å². The molecule has 0 aliphatic rings. The highest BCUT2D eigenvalue weighted by Gasteiger charge is 1.97. The van der Waals surface area contributed by atoms with E-state index in [1.807, 2.05) is 6.92 Å². The number of allylic oxidation sites excluding steroid dienone is 1. The predicted molar refractivity (Wildman–Crippen MR) is 122 cm³/mol. The second-order valence-corrected chi connectivity index (χ2v) is 6.79. The summed E-state index contributed by atoms with van der Waals surface area (Å²) in [5.41, 5.74) is 4.18. The van der Waals surface area contributed by atoms with Crippen molar-refractivity contribution >= 4 is 11.5 Å². The molecule has 0 saturated heterocycles. The minimum absolute atomic E-state index is 0.0459. The van der Waals surface area contributed by atoms with Crippen molar-refractivity contribution in [2.24, 2.45) is 0 Å². The van der Waals surface area contributed by atoms with Crippen LogP contribution in [0.4, 0.5) is 8.78 Å². The van der Waals surface area contributed by atoms with Crippen molar-refractivity contribution in [1.82, 2.24) is 10.6 Å². The number of aryl methyl sites for hydroxylation is 1. The topological polar surface area (TPSA) is 41.1 Å². The average Bonchev–Trinajstić information content (AvgIpc) is 2.68. The molecule has 1 amide bonds. The smallest absolute Gasteiger partial charge is 0.216 e. The number of carbonyl (C=O) groups is 1. The molecule has 2 aromatic rings. The number of amides is 1. The Morgan fingerprint density at radius 3 is 2.13 bits per heavy atom. The average molecular weight is 415 g/mol. The first kappa shape index (κ1) is 27.0. The fraction of sp³-hybridized carbons (Fsp3) is 0.320. The summed E-state index contributed by atoms with van der Waals surface area (Å²) in [4.78, 5) is 10.7. The summed E-state index contributed by atoms with van der Waals surface area (Å²) in [5, 5.41) is 6.21. The van der Waals surface area contributed by atoms with Gasteiger partial charge < -0.3 is 10.6 Å². The number of hydrogen-bond acceptors (Lipinski definition) is 2. The van der Waals surface area contributed by atoms with E-state index < -0.39 is 11.6 Å². The summed E-state index contributed by atoms with van der Waals surface area (Å²) in [6.45, 7) is 11.8. The molecular weight excluding hydrogens is 382 g/mol. The summed E-state index contributed by atoms with van der Waals surface area (Å²) >= 11 is 0. The molecule has 0 atom stereocenters. The van der Waals surface area contributed by atoms with Crippen LogP contribution in [0.1, 0.15) is 43.4 Å². The van der Waals surface area contributed by atoms with Crippen LogP contribution in [0.2, 0.25) is 0 Å². The van der Waals surface area contributed by atoms with E-state index in [1.165, 1.54) is 23.3 Å². The van der Waals surface area contributed by atoms with Crippen LogP contribution < -0.4 is 10.6 Å². The molecule has 162 valence electrons. The Morgan fingerprint density at radius 2 is 1.60 bits per heavy atom. The monoisotopic (exact) mass is 414 g/mol. The van der Waals surface area contributed by atoms with E-state index in [0.29, 0.717) is 5.56 Å². The van der Waals surface area contributed by atoms with Gasteiger partial charge in [-0.2, -0.15) is 0 Å². The van der Waals surface area contributed by atoms with Gasteiger partial charge in [0.2, 0.25) is 5.91 Å². The quantitative estimate of drug-likeness (QED) is 0.458. The maximum atomic E-state index is 12.2. The van der Waals surface area contributed by atoms with Gasteiger partial charge in [0.15, 0.2) is 0 Å². The van der Waals surface area contributed by atoms with Gasteiger partial charge in [0.05, 0.1) is 0 Å². The van der Waals surface area contributed by atoms with E-state index in [-0.39, 0.29) is 5.91 Å². The van der Waals surface area contributed by atoms with Crippen molar-refractivity contribution in [2.75, 3.05) is 13.1 Å². The second kappa shape index (κ2) is 15.9. The van der Waals surface area contributed by atoms with Crippen LogP contribution in [0.25, 0.3) is 5.57 Å². The van der Waals surface area contributed by atoms with Crippen molar-refractivity contribution in [2.45, 2.75) is 40.2 Å². The Morgan fingerprint density at radius 1 is 1.00 bits per heavy atom. The van der Waals surface area contributed by atoms with E-state index in [1.54, 1.807) is 13.8 Å². The Hall–Kier alpha value is -2.97. The summed E-state index contributed by atoms with van der Waals surface area (Å²) in [5.74, 6) is -0.996. The van der Waals surface area contributed by atoms with Crippen molar-refractivity contribution in [3.8, 4) is 12.8 Å². The van der Waals surface area contributed by atoms with Gasteiger partial charge in [0.25, 0.3) is 0 Å². The molecule has 0 saturated carbocycles. The van der Waals surface area contributed by atoms with Crippen LogP contribution in [0, 0.1) is 31.4 Å². The van der Waals surface area contributed by atoms with Crippen LogP contribution in [0.15, 0.2) is 49.0 Å². The van der Waals surface area contributed by atoms with E-state index in [4.69, 9.17) is 0 Å². The van der Waals surface area contributed by atoms with Crippen LogP contribution in [-0.2, 0) is 11.3 Å². The number of rotatable bonds is 8. The molecule has 3 nitrogen and oxygen atoms in total. The Labute approximate surface area is 179 Å². The minimum Gasteiger partial charge on any atom is -0.356 e. The third-order valence-electron chi connectivity index (χ3n) is 3.91. The standard InChI is InChI=1S/C16H24N2O.C7H6F2.C2H2/c1-13(2)16-8-6-7-15(11-16)12-17-9-4-5-10-18-14(3)19;1-5-2-6(8)4-7(9)3-5;1-2/h6-8,11,17H,1,4-5,9-10,12H2,2-3H3,(H,18,19);2-4H,1H3;1-2H. The molecule has 0 unspecified atom stereocenters. The lowest BCUT2D eigenvalue weighted by Crippen LogP contribution is -2.22. The van der Waals surface area contributed by atoms with Crippen molar-refractivity contribution < 1.29 is 13.6 Å². The maximum absolute atomic E-state index is 12.2. The number of hydrogen-bond donors (Lipinski definition) is 2. The number of carbonyl (C=O) groups excluding carboxylic acids is 1. The lowest BCUT2D eigenvalue weighted by atomic mass is 10.1. The molecule has 2 rings (SSSR count). The highest BCUT2D eigenvalue weighted by Crippen LogP contribution is 2.13. The van der Waals surface area contributed by atoms with Crippen LogP contribution in [-0.4, -0.2) is 19.0 Å². The van der Waals surface area contributed by atoms with Crippen LogP contribution in [0.5, 0.6) is 0 Å². The van der Waals surface area contributed by atoms with Crippen molar-refractivity contribution in [3.63, 3.8) is 0 Å². The van der Waals surface area contributed by atoms with Crippen LogP contribution >= 0.6 is 0 Å². The fourth-order valence-corrected chi connectivity index (χ4v) is 2.51.